The Balaban J connectivity index is 2.05. The lowest BCUT2D eigenvalue weighted by atomic mass is 10.2. The Bertz CT molecular complexity index is 1300. The summed E-state index contributed by atoms with van der Waals surface area (Å²) in [4.78, 5) is 44.3. The van der Waals surface area contributed by atoms with E-state index in [4.69, 9.17) is 21.2 Å². The highest BCUT2D eigenvalue weighted by Crippen LogP contribution is 2.27. The van der Waals surface area contributed by atoms with Crippen LogP contribution in [0.3, 0.4) is 0 Å². The molecule has 3 rings (SSSR count). The maximum atomic E-state index is 13.3. The molecule has 0 saturated carbocycles. The van der Waals surface area contributed by atoms with Crippen LogP contribution in [0, 0.1) is 6.92 Å². The smallest absolute Gasteiger partial charge is 0.373 e. The topological polar surface area (TPSA) is 160 Å². The number of rotatable bonds is 8. The van der Waals surface area contributed by atoms with Gasteiger partial charge in [0, 0.05) is 52.4 Å². The first-order chi connectivity index (χ1) is 19.8. The molecule has 0 radical (unpaired) electrons. The number of ether oxygens (including phenoxy) is 1. The van der Waals surface area contributed by atoms with Gasteiger partial charge in [-0.25, -0.2) is 9.98 Å². The molecule has 2 fully saturated rings. The lowest BCUT2D eigenvalue weighted by Gasteiger charge is -2.35. The van der Waals surface area contributed by atoms with Crippen LogP contribution in [0.4, 0.5) is 19.1 Å². The summed E-state index contributed by atoms with van der Waals surface area (Å²) in [7, 11) is 0. The number of nitrogens with two attached hydrogens (primary N) is 2. The molecule has 2 saturated heterocycles. The van der Waals surface area contributed by atoms with Gasteiger partial charge in [-0.2, -0.15) is 13.2 Å². The minimum Gasteiger partial charge on any atom is -0.373 e. The molecule has 2 aliphatic rings. The molecule has 0 spiro atoms. The lowest BCUT2D eigenvalue weighted by Crippen LogP contribution is -2.51. The molecule has 0 unspecified atom stereocenters. The van der Waals surface area contributed by atoms with Crippen molar-refractivity contribution in [2.45, 2.75) is 39.9 Å². The van der Waals surface area contributed by atoms with Crippen molar-refractivity contribution in [2.75, 3.05) is 63.9 Å². The maximum absolute atomic E-state index is 13.3. The second-order valence-electron chi connectivity index (χ2n) is 9.73. The highest BCUT2D eigenvalue weighted by molar-refractivity contribution is 6.35. The number of piperazine rings is 1. The standard InChI is InChI=1S/C26H37F3N10O3/c1-5-32-24(31)33-16-17(2)21(30)35-22(36-12-14-42-15-13-36)20-18(3)39(7-6-26(27,28)29)25(34-20)38-10-8-37(9-11-38)23(41)19(4)40/h16,30H,2,5-15H2,1,3-4H3,(H2,31,32)/p+1. The van der Waals surface area contributed by atoms with Crippen LogP contribution < -0.4 is 16.4 Å². The Kier molecular flexibility index (Phi) is 11.0. The van der Waals surface area contributed by atoms with Gasteiger partial charge < -0.3 is 30.6 Å². The fourth-order valence-corrected chi connectivity index (χ4v) is 4.46. The Morgan fingerprint density at radius 2 is 1.81 bits per heavy atom. The number of ketones is 1. The van der Waals surface area contributed by atoms with Crippen LogP contribution in [-0.2, 0) is 20.9 Å². The van der Waals surface area contributed by atoms with Crippen molar-refractivity contribution in [3.63, 3.8) is 0 Å². The van der Waals surface area contributed by atoms with Crippen molar-refractivity contribution in [3.05, 3.63) is 23.5 Å². The third-order valence-electron chi connectivity index (χ3n) is 6.72. The Morgan fingerprint density at radius 3 is 2.38 bits per heavy atom. The summed E-state index contributed by atoms with van der Waals surface area (Å²) in [5.41, 5.74) is 13.1. The van der Waals surface area contributed by atoms with Crippen LogP contribution >= 0.6 is 0 Å². The fourth-order valence-electron chi connectivity index (χ4n) is 4.46. The number of aromatic nitrogens is 2. The van der Waals surface area contributed by atoms with Crippen LogP contribution in [-0.4, -0.2) is 120 Å². The van der Waals surface area contributed by atoms with Gasteiger partial charge in [0.25, 0.3) is 5.91 Å². The molecular weight excluding hydrogens is 557 g/mol. The minimum absolute atomic E-state index is 0.0201. The Hall–Kier alpha value is -4.08. The number of carbonyl (C=O) groups is 2. The van der Waals surface area contributed by atoms with Crippen molar-refractivity contribution in [3.8, 4) is 0 Å². The minimum atomic E-state index is -4.39. The number of nitrogens with zero attached hydrogens (tertiary/aromatic N) is 8. The van der Waals surface area contributed by atoms with E-state index >= 15 is 0 Å². The molecular formula is C26H38F3N10O3+. The van der Waals surface area contributed by atoms with Crippen LogP contribution in [0.1, 0.15) is 31.7 Å². The second kappa shape index (κ2) is 14.2. The van der Waals surface area contributed by atoms with E-state index in [0.29, 0.717) is 56.0 Å². The summed E-state index contributed by atoms with van der Waals surface area (Å²) in [5.74, 6) is -0.420. The molecule has 0 aliphatic carbocycles. The molecule has 13 nitrogen and oxygen atoms in total. The van der Waals surface area contributed by atoms with E-state index in [2.05, 4.69) is 21.6 Å². The molecule has 1 aromatic heterocycles. The number of alkyl halides is 3. The van der Waals surface area contributed by atoms with E-state index in [9.17, 15) is 22.8 Å². The number of guanidine groups is 1. The van der Waals surface area contributed by atoms with Crippen molar-refractivity contribution in [1.82, 2.24) is 14.5 Å². The van der Waals surface area contributed by atoms with E-state index in [0.717, 1.165) is 0 Å². The molecule has 1 amide bonds. The van der Waals surface area contributed by atoms with E-state index < -0.39 is 24.3 Å². The van der Waals surface area contributed by atoms with Crippen molar-refractivity contribution in [2.24, 2.45) is 26.4 Å². The number of hydrogen-bond donors (Lipinski definition) is 2. The first-order valence-corrected chi connectivity index (χ1v) is 13.6. The quantitative estimate of drug-likeness (QED) is 0.191. The summed E-state index contributed by atoms with van der Waals surface area (Å²) in [5, 5.41) is 0. The monoisotopic (exact) mass is 595 g/mol. The fraction of sp³-hybridized carbons (Fsp3) is 0.577. The number of aliphatic imine (C=N–C) groups is 3. The normalized spacial score (nSPS) is 17.2. The highest BCUT2D eigenvalue weighted by Gasteiger charge is 2.34. The number of halogens is 3. The zero-order chi connectivity index (χ0) is 31.0. The van der Waals surface area contributed by atoms with E-state index in [-0.39, 0.29) is 50.1 Å². The molecule has 16 heteroatoms. The van der Waals surface area contributed by atoms with Crippen molar-refractivity contribution in [1.29, 1.82) is 0 Å². The number of Topliss-reactive ketones (excluding diaryl/α,β-unsaturated/α-hetero) is 1. The number of amides is 1. The van der Waals surface area contributed by atoms with Crippen LogP contribution in [0.15, 0.2) is 27.1 Å². The predicted molar refractivity (Wildman–Crippen MR) is 153 cm³/mol. The predicted octanol–water partition coefficient (Wildman–Crippen LogP) is 0.490. The zero-order valence-electron chi connectivity index (χ0n) is 24.2. The SMILES string of the molecule is C=C(C=NC(N)=NCC)C(N)=NC(c1nc(N2CCN(C(=O)C(C)=O)CC2)n(CCC(F)(F)F)c1C)=[N+]1CCOCC1. The molecule has 230 valence electrons. The van der Waals surface area contributed by atoms with Crippen LogP contribution in [0.2, 0.25) is 0 Å². The van der Waals surface area contributed by atoms with E-state index in [1.807, 2.05) is 16.4 Å². The van der Waals surface area contributed by atoms with Gasteiger partial charge in [0.1, 0.15) is 13.1 Å². The van der Waals surface area contributed by atoms with E-state index in [1.54, 1.807) is 6.92 Å². The number of imidazole rings is 1. The van der Waals surface area contributed by atoms with E-state index in [1.165, 1.54) is 22.6 Å². The van der Waals surface area contributed by atoms with Gasteiger partial charge in [-0.05, 0) is 18.8 Å². The second-order valence-corrected chi connectivity index (χ2v) is 9.73. The molecule has 0 aromatic carbocycles. The lowest BCUT2D eigenvalue weighted by molar-refractivity contribution is -0.549. The third kappa shape index (κ3) is 8.47. The van der Waals surface area contributed by atoms with Gasteiger partial charge in [0.2, 0.25) is 23.5 Å². The van der Waals surface area contributed by atoms with Crippen molar-refractivity contribution >= 4 is 41.5 Å². The average Bonchev–Trinajstić information content (AvgIpc) is 3.28. The summed E-state index contributed by atoms with van der Waals surface area (Å²) < 4.78 is 48.9. The first kappa shape index (κ1) is 32.4. The van der Waals surface area contributed by atoms with Gasteiger partial charge in [0.15, 0.2) is 5.69 Å². The molecule has 1 aromatic rings. The summed E-state index contributed by atoms with van der Waals surface area (Å²) >= 11 is 0. The molecule has 3 heterocycles. The number of hydrogen-bond acceptors (Lipinski definition) is 6. The number of amidine groups is 2. The Morgan fingerprint density at radius 1 is 1.17 bits per heavy atom. The molecule has 2 aliphatic heterocycles. The van der Waals surface area contributed by atoms with Gasteiger partial charge in [-0.3, -0.25) is 19.2 Å². The van der Waals surface area contributed by atoms with Crippen LogP contribution in [0.5, 0.6) is 0 Å². The van der Waals surface area contributed by atoms with Gasteiger partial charge in [0.05, 0.1) is 30.9 Å². The van der Waals surface area contributed by atoms with Gasteiger partial charge in [-0.15, -0.1) is 0 Å². The number of anilines is 1. The average molecular weight is 596 g/mol. The zero-order valence-corrected chi connectivity index (χ0v) is 24.2. The summed E-state index contributed by atoms with van der Waals surface area (Å²) in [6.07, 6.45) is -4.11. The highest BCUT2D eigenvalue weighted by atomic mass is 19.4. The van der Waals surface area contributed by atoms with Crippen LogP contribution in [0.25, 0.3) is 0 Å². The van der Waals surface area contributed by atoms with Crippen molar-refractivity contribution < 1.29 is 32.1 Å². The largest absolute Gasteiger partial charge is 0.390 e. The Labute approximate surface area is 242 Å². The molecule has 0 bridgehead atoms. The number of morpholine rings is 1. The molecule has 42 heavy (non-hydrogen) atoms. The summed E-state index contributed by atoms with van der Waals surface area (Å²) in [6.45, 7) is 11.5. The summed E-state index contributed by atoms with van der Waals surface area (Å²) in [6, 6.07) is 0. The molecule has 4 N–H and O–H groups in total. The molecule has 0 atom stereocenters. The maximum Gasteiger partial charge on any atom is 0.390 e. The first-order valence-electron chi connectivity index (χ1n) is 13.6. The van der Waals surface area contributed by atoms with Gasteiger partial charge >= 0.3 is 12.0 Å². The van der Waals surface area contributed by atoms with Gasteiger partial charge in [-0.1, -0.05) is 6.58 Å². The third-order valence-corrected chi connectivity index (χ3v) is 6.72. The number of carbonyl (C=O) groups excluding carboxylic acids is 2.